The summed E-state index contributed by atoms with van der Waals surface area (Å²) in [4.78, 5) is 9.25. The molecular weight excluding hydrogens is 206 g/mol. The largest absolute Gasteiger partial charge is 0.487 e. The van der Waals surface area contributed by atoms with Gasteiger partial charge in [0.2, 0.25) is 0 Å². The van der Waals surface area contributed by atoms with Crippen molar-refractivity contribution in [2.75, 3.05) is 0 Å². The van der Waals surface area contributed by atoms with E-state index in [1.807, 2.05) is 0 Å². The van der Waals surface area contributed by atoms with Crippen LogP contribution in [0, 0.1) is 0 Å². The summed E-state index contributed by atoms with van der Waals surface area (Å²) in [7, 11) is 0. The Morgan fingerprint density at radius 2 is 1.23 bits per heavy atom. The molecule has 13 heavy (non-hydrogen) atoms. The highest BCUT2D eigenvalue weighted by Crippen LogP contribution is 2.35. The lowest BCUT2D eigenvalue weighted by molar-refractivity contribution is -0.339. The minimum atomic E-state index is -6.06. The molecule has 0 atom stereocenters. The van der Waals surface area contributed by atoms with E-state index < -0.39 is 18.3 Å². The Kier molecular flexibility index (Phi) is 5.21. The van der Waals surface area contributed by atoms with Crippen molar-refractivity contribution in [3.05, 3.63) is 12.7 Å². The number of rotatable bonds is 1. The molecule has 0 bridgehead atoms. The molecule has 0 saturated heterocycles. The van der Waals surface area contributed by atoms with Gasteiger partial charge in [-0.15, -0.1) is 0 Å². The zero-order chi connectivity index (χ0) is 11.3. The lowest BCUT2D eigenvalue weighted by atomic mass is 10.7. The molecule has 2 nitrogen and oxygen atoms in total. The fraction of sp³-hybridized carbons (Fsp3) is 0.400. The number of hydrogen-bond acceptors (Lipinski definition) is 1. The predicted octanol–water partition coefficient (Wildman–Crippen LogP) is 2.37. The Labute approximate surface area is 68.5 Å². The molecule has 0 aromatic carbocycles. The standard InChI is InChI=1S/C3H4O2.C2F6/c1-2-3(4)5;3-1(4,5)2(6,7)8/h2H,1H2,(H,4,5);. The van der Waals surface area contributed by atoms with Crippen LogP contribution in [0.5, 0.6) is 0 Å². The molecule has 0 heterocycles. The molecule has 0 radical (unpaired) electrons. The molecule has 78 valence electrons. The Morgan fingerprint density at radius 3 is 1.23 bits per heavy atom. The summed E-state index contributed by atoms with van der Waals surface area (Å²) < 4.78 is 62.6. The van der Waals surface area contributed by atoms with Crippen LogP contribution in [0.1, 0.15) is 0 Å². The minimum Gasteiger partial charge on any atom is -0.478 e. The first kappa shape index (κ1) is 14.3. The monoisotopic (exact) mass is 210 g/mol. The lowest BCUT2D eigenvalue weighted by Gasteiger charge is -2.08. The van der Waals surface area contributed by atoms with Gasteiger partial charge in [0.15, 0.2) is 0 Å². The van der Waals surface area contributed by atoms with Crippen LogP contribution in [0.25, 0.3) is 0 Å². The molecule has 0 amide bonds. The van der Waals surface area contributed by atoms with Gasteiger partial charge in [0.05, 0.1) is 0 Å². The van der Waals surface area contributed by atoms with Crippen molar-refractivity contribution in [1.82, 2.24) is 0 Å². The third kappa shape index (κ3) is 8.70. The van der Waals surface area contributed by atoms with Crippen molar-refractivity contribution in [3.63, 3.8) is 0 Å². The summed E-state index contributed by atoms with van der Waals surface area (Å²) in [6.07, 6.45) is -11.3. The average Bonchev–Trinajstić information content (AvgIpc) is 1.84. The third-order valence-corrected chi connectivity index (χ3v) is 0.496. The second-order valence-corrected chi connectivity index (χ2v) is 1.54. The molecule has 1 N–H and O–H groups in total. The smallest absolute Gasteiger partial charge is 0.478 e. The van der Waals surface area contributed by atoms with Gasteiger partial charge in [-0.3, -0.25) is 0 Å². The maximum absolute atomic E-state index is 10.4. The van der Waals surface area contributed by atoms with Crippen LogP contribution in [-0.2, 0) is 4.79 Å². The first-order valence-electron chi connectivity index (χ1n) is 2.51. The fourth-order valence-electron chi connectivity index (χ4n) is 0. The van der Waals surface area contributed by atoms with Gasteiger partial charge in [0, 0.05) is 6.08 Å². The molecule has 0 fully saturated rings. The lowest BCUT2D eigenvalue weighted by Crippen LogP contribution is -2.30. The number of hydrogen-bond donors (Lipinski definition) is 1. The molecule has 0 saturated carbocycles. The summed E-state index contributed by atoms with van der Waals surface area (Å²) in [5.74, 6) is -0.981. The zero-order valence-electron chi connectivity index (χ0n) is 5.91. The Hall–Kier alpha value is -1.21. The van der Waals surface area contributed by atoms with Crippen molar-refractivity contribution >= 4 is 5.97 Å². The second kappa shape index (κ2) is 4.73. The van der Waals surface area contributed by atoms with Crippen LogP contribution in [0.2, 0.25) is 0 Å². The molecule has 0 spiro atoms. The maximum atomic E-state index is 10.4. The van der Waals surface area contributed by atoms with Gasteiger partial charge in [-0.2, -0.15) is 26.3 Å². The molecule has 0 unspecified atom stereocenters. The molecular formula is C5H4F6O2. The Bertz CT molecular complexity index is 166. The van der Waals surface area contributed by atoms with Crippen molar-refractivity contribution in [1.29, 1.82) is 0 Å². The number of carbonyl (C=O) groups is 1. The Morgan fingerprint density at radius 1 is 1.08 bits per heavy atom. The summed E-state index contributed by atoms with van der Waals surface area (Å²) in [5.41, 5.74) is 0. The van der Waals surface area contributed by atoms with Crippen molar-refractivity contribution in [2.24, 2.45) is 0 Å². The van der Waals surface area contributed by atoms with Gasteiger partial charge in [-0.25, -0.2) is 4.79 Å². The number of aliphatic carboxylic acids is 1. The number of carboxylic acid groups (broad SMARTS) is 1. The van der Waals surface area contributed by atoms with Gasteiger partial charge < -0.3 is 5.11 Å². The van der Waals surface area contributed by atoms with E-state index in [-0.39, 0.29) is 0 Å². The average molecular weight is 210 g/mol. The topological polar surface area (TPSA) is 37.3 Å². The van der Waals surface area contributed by atoms with E-state index in [1.54, 1.807) is 0 Å². The van der Waals surface area contributed by atoms with E-state index in [0.29, 0.717) is 0 Å². The van der Waals surface area contributed by atoms with Gasteiger partial charge in [-0.1, -0.05) is 6.58 Å². The first-order valence-corrected chi connectivity index (χ1v) is 2.51. The normalized spacial score (nSPS) is 11.2. The molecule has 0 aromatic heterocycles. The fourth-order valence-corrected chi connectivity index (χ4v) is 0. The predicted molar refractivity (Wildman–Crippen MR) is 29.9 cm³/mol. The number of carboxylic acids is 1. The van der Waals surface area contributed by atoms with Crippen molar-refractivity contribution < 1.29 is 36.2 Å². The Balaban J connectivity index is 0. The third-order valence-electron chi connectivity index (χ3n) is 0.496. The maximum Gasteiger partial charge on any atom is 0.487 e. The van der Waals surface area contributed by atoms with Crippen LogP contribution in [0.4, 0.5) is 26.3 Å². The summed E-state index contributed by atoms with van der Waals surface area (Å²) in [6.45, 7) is 2.96. The van der Waals surface area contributed by atoms with Crippen LogP contribution in [0.3, 0.4) is 0 Å². The molecule has 8 heteroatoms. The van der Waals surface area contributed by atoms with Gasteiger partial charge in [-0.05, 0) is 0 Å². The second-order valence-electron chi connectivity index (χ2n) is 1.54. The van der Waals surface area contributed by atoms with Gasteiger partial charge in [0.25, 0.3) is 0 Å². The molecule has 0 aliphatic rings. The van der Waals surface area contributed by atoms with Gasteiger partial charge >= 0.3 is 18.3 Å². The van der Waals surface area contributed by atoms with E-state index in [4.69, 9.17) is 5.11 Å². The van der Waals surface area contributed by atoms with E-state index in [0.717, 1.165) is 6.08 Å². The van der Waals surface area contributed by atoms with Crippen LogP contribution in [-0.4, -0.2) is 23.4 Å². The quantitative estimate of drug-likeness (QED) is 0.532. The highest BCUT2D eigenvalue weighted by Gasteiger charge is 2.58. The van der Waals surface area contributed by atoms with Crippen LogP contribution in [0.15, 0.2) is 12.7 Å². The highest BCUT2D eigenvalue weighted by molar-refractivity contribution is 5.78. The van der Waals surface area contributed by atoms with Crippen molar-refractivity contribution in [3.8, 4) is 0 Å². The number of halogens is 6. The van der Waals surface area contributed by atoms with Gasteiger partial charge in [0.1, 0.15) is 0 Å². The minimum absolute atomic E-state index is 0.833. The summed E-state index contributed by atoms with van der Waals surface area (Å²) in [5, 5.41) is 7.60. The molecule has 0 aliphatic heterocycles. The molecule has 0 aromatic rings. The summed E-state index contributed by atoms with van der Waals surface area (Å²) in [6, 6.07) is 0. The van der Waals surface area contributed by atoms with E-state index >= 15 is 0 Å². The zero-order valence-corrected chi connectivity index (χ0v) is 5.91. The van der Waals surface area contributed by atoms with Crippen LogP contribution >= 0.6 is 0 Å². The number of alkyl halides is 6. The van der Waals surface area contributed by atoms with E-state index in [9.17, 15) is 31.1 Å². The SMILES string of the molecule is C=CC(=O)O.FC(F)(F)C(F)(F)F. The summed E-state index contributed by atoms with van der Waals surface area (Å²) >= 11 is 0. The van der Waals surface area contributed by atoms with Crippen molar-refractivity contribution in [2.45, 2.75) is 12.4 Å². The van der Waals surface area contributed by atoms with E-state index in [1.165, 1.54) is 0 Å². The van der Waals surface area contributed by atoms with E-state index in [2.05, 4.69) is 6.58 Å². The molecule has 0 rings (SSSR count). The highest BCUT2D eigenvalue weighted by atomic mass is 19.5. The first-order chi connectivity index (χ1) is 5.52. The molecule has 0 aliphatic carbocycles. The van der Waals surface area contributed by atoms with Crippen LogP contribution < -0.4 is 0 Å².